The summed E-state index contributed by atoms with van der Waals surface area (Å²) in [6.07, 6.45) is 10.5. The first-order chi connectivity index (χ1) is 15.1. The van der Waals surface area contributed by atoms with Gasteiger partial charge in [0.1, 0.15) is 10.8 Å². The topological polar surface area (TPSA) is 102 Å². The van der Waals surface area contributed by atoms with Crippen molar-refractivity contribution in [2.75, 3.05) is 11.1 Å². The highest BCUT2D eigenvalue weighted by Gasteiger charge is 2.22. The van der Waals surface area contributed by atoms with Crippen LogP contribution in [0.1, 0.15) is 61.9 Å². The van der Waals surface area contributed by atoms with E-state index in [0.29, 0.717) is 17.7 Å². The van der Waals surface area contributed by atoms with Crippen LogP contribution in [0.15, 0.2) is 36.8 Å². The van der Waals surface area contributed by atoms with Gasteiger partial charge in [-0.3, -0.25) is 9.97 Å². The molecule has 1 aliphatic rings. The van der Waals surface area contributed by atoms with Crippen molar-refractivity contribution in [2.24, 2.45) is 0 Å². The average Bonchev–Trinajstić information content (AvgIpc) is 3.45. The third kappa shape index (κ3) is 4.07. The highest BCUT2D eigenvalue weighted by molar-refractivity contribution is 7.14. The first-order valence-corrected chi connectivity index (χ1v) is 11.5. The summed E-state index contributed by atoms with van der Waals surface area (Å²) < 4.78 is 0. The maximum absolute atomic E-state index is 6.31. The van der Waals surface area contributed by atoms with Crippen molar-refractivity contribution in [2.45, 2.75) is 51.4 Å². The lowest BCUT2D eigenvalue weighted by Crippen LogP contribution is -1.98. The fraction of sp³-hybridized carbons (Fsp3) is 0.348. The van der Waals surface area contributed by atoms with Gasteiger partial charge in [-0.15, -0.1) is 10.2 Å². The number of nitrogens with one attached hydrogen (secondary N) is 1. The van der Waals surface area contributed by atoms with Crippen LogP contribution in [0.3, 0.4) is 0 Å². The predicted molar refractivity (Wildman–Crippen MR) is 126 cm³/mol. The molecule has 8 heteroatoms. The molecule has 1 aliphatic carbocycles. The van der Waals surface area contributed by atoms with Gasteiger partial charge in [0, 0.05) is 12.1 Å². The van der Waals surface area contributed by atoms with Gasteiger partial charge < -0.3 is 11.1 Å². The van der Waals surface area contributed by atoms with Gasteiger partial charge in [-0.2, -0.15) is 0 Å². The predicted octanol–water partition coefficient (Wildman–Crippen LogP) is 5.65. The van der Waals surface area contributed by atoms with Gasteiger partial charge in [-0.05, 0) is 42.5 Å². The number of nitrogens with zero attached hydrogens (tertiary/aromatic N) is 5. The zero-order chi connectivity index (χ0) is 21.4. The summed E-state index contributed by atoms with van der Waals surface area (Å²) in [6.45, 7) is 4.30. The molecule has 0 amide bonds. The molecule has 7 nitrogen and oxygen atoms in total. The maximum Gasteiger partial charge on any atom is 0.151 e. The van der Waals surface area contributed by atoms with Gasteiger partial charge in [0.15, 0.2) is 5.01 Å². The van der Waals surface area contributed by atoms with Gasteiger partial charge in [0.25, 0.3) is 0 Å². The van der Waals surface area contributed by atoms with Crippen LogP contribution in [-0.2, 0) is 0 Å². The zero-order valence-electron chi connectivity index (χ0n) is 17.7. The van der Waals surface area contributed by atoms with E-state index >= 15 is 0 Å². The number of hydrogen-bond acceptors (Lipinski definition) is 8. The molecule has 0 radical (unpaired) electrons. The molecule has 0 aromatic carbocycles. The van der Waals surface area contributed by atoms with E-state index in [1.807, 2.05) is 18.3 Å². The van der Waals surface area contributed by atoms with E-state index in [2.05, 4.69) is 50.4 Å². The van der Waals surface area contributed by atoms with Crippen molar-refractivity contribution in [1.29, 1.82) is 0 Å². The molecule has 1 fully saturated rings. The zero-order valence-corrected chi connectivity index (χ0v) is 18.5. The minimum atomic E-state index is 0.415. The molecule has 3 N–H and O–H groups in total. The Balaban J connectivity index is 1.43. The Kier molecular flexibility index (Phi) is 5.23. The monoisotopic (exact) mass is 431 g/mol. The van der Waals surface area contributed by atoms with Crippen molar-refractivity contribution in [3.05, 3.63) is 47.4 Å². The third-order valence-corrected chi connectivity index (χ3v) is 6.90. The van der Waals surface area contributed by atoms with Crippen LogP contribution < -0.4 is 11.1 Å². The molecular weight excluding hydrogens is 406 g/mol. The Morgan fingerprint density at radius 2 is 1.81 bits per heavy atom. The number of fused-ring (bicyclic) bond motifs is 1. The van der Waals surface area contributed by atoms with Crippen LogP contribution in [0.25, 0.3) is 21.6 Å². The minimum Gasteiger partial charge on any atom is -0.383 e. The van der Waals surface area contributed by atoms with Gasteiger partial charge >= 0.3 is 0 Å². The largest absolute Gasteiger partial charge is 0.383 e. The maximum atomic E-state index is 6.31. The second-order valence-electron chi connectivity index (χ2n) is 8.40. The minimum absolute atomic E-state index is 0.415. The molecule has 0 bridgehead atoms. The lowest BCUT2D eigenvalue weighted by atomic mass is 10.1. The van der Waals surface area contributed by atoms with E-state index in [0.717, 1.165) is 38.0 Å². The van der Waals surface area contributed by atoms with Crippen LogP contribution in [0.2, 0.25) is 0 Å². The highest BCUT2D eigenvalue weighted by Crippen LogP contribution is 2.38. The van der Waals surface area contributed by atoms with Gasteiger partial charge in [0.05, 0.1) is 40.4 Å². The standard InChI is InChI=1S/C23H25N7S/c1-13(2)15-7-16(11-25-10-15)27-17-8-20-19(26-12-17)9-18(21(24)28-20)23-30-29-22(31-23)14-5-3-4-6-14/h7-14,27H,3-6H2,1-2H3,(H2,24,28). The summed E-state index contributed by atoms with van der Waals surface area (Å²) in [6, 6.07) is 6.01. The number of pyridine rings is 3. The third-order valence-electron chi connectivity index (χ3n) is 5.79. The number of nitrogen functional groups attached to an aromatic ring is 1. The molecule has 31 heavy (non-hydrogen) atoms. The van der Waals surface area contributed by atoms with Crippen molar-refractivity contribution in [3.8, 4) is 10.6 Å². The number of nitrogens with two attached hydrogens (primary N) is 1. The molecule has 0 saturated heterocycles. The van der Waals surface area contributed by atoms with Crippen LogP contribution >= 0.6 is 11.3 Å². The molecule has 4 heterocycles. The Morgan fingerprint density at radius 1 is 1.00 bits per heavy atom. The Labute approximate surface area is 185 Å². The van der Waals surface area contributed by atoms with E-state index in [1.165, 1.54) is 31.2 Å². The lowest BCUT2D eigenvalue weighted by molar-refractivity contribution is 0.705. The fourth-order valence-electron chi connectivity index (χ4n) is 3.99. The Morgan fingerprint density at radius 3 is 2.61 bits per heavy atom. The second-order valence-corrected chi connectivity index (χ2v) is 9.41. The van der Waals surface area contributed by atoms with Gasteiger partial charge in [-0.25, -0.2) is 4.98 Å². The second kappa shape index (κ2) is 8.19. The van der Waals surface area contributed by atoms with Crippen LogP contribution in [0.4, 0.5) is 17.2 Å². The molecule has 0 unspecified atom stereocenters. The number of hydrogen-bond donors (Lipinski definition) is 2. The van der Waals surface area contributed by atoms with Crippen molar-refractivity contribution < 1.29 is 0 Å². The quantitative estimate of drug-likeness (QED) is 0.421. The molecule has 0 spiro atoms. The number of aromatic nitrogens is 5. The van der Waals surface area contributed by atoms with E-state index in [-0.39, 0.29) is 0 Å². The number of anilines is 3. The first-order valence-electron chi connectivity index (χ1n) is 10.7. The Hall–Kier alpha value is -3.13. The fourth-order valence-corrected chi connectivity index (χ4v) is 5.03. The molecule has 5 rings (SSSR count). The van der Waals surface area contributed by atoms with Crippen molar-refractivity contribution in [3.63, 3.8) is 0 Å². The van der Waals surface area contributed by atoms with Gasteiger partial charge in [-0.1, -0.05) is 38.0 Å². The van der Waals surface area contributed by atoms with E-state index in [4.69, 9.17) is 5.73 Å². The first kappa shape index (κ1) is 19.8. The number of rotatable bonds is 5. The molecular formula is C23H25N7S. The lowest BCUT2D eigenvalue weighted by Gasteiger charge is -2.10. The van der Waals surface area contributed by atoms with Gasteiger partial charge in [0.2, 0.25) is 0 Å². The SMILES string of the molecule is CC(C)c1cncc(Nc2cnc3cc(-c4nnc(C5CCCC5)s4)c(N)nc3c2)c1. The Bertz CT molecular complexity index is 1230. The van der Waals surface area contributed by atoms with Crippen LogP contribution in [-0.4, -0.2) is 25.1 Å². The smallest absolute Gasteiger partial charge is 0.151 e. The summed E-state index contributed by atoms with van der Waals surface area (Å²) in [5.74, 6) is 1.40. The molecule has 4 aromatic heterocycles. The summed E-state index contributed by atoms with van der Waals surface area (Å²) in [5, 5.41) is 14.1. The van der Waals surface area contributed by atoms with Crippen LogP contribution in [0.5, 0.6) is 0 Å². The summed E-state index contributed by atoms with van der Waals surface area (Å²) >= 11 is 1.63. The van der Waals surface area contributed by atoms with Crippen LogP contribution in [0, 0.1) is 0 Å². The van der Waals surface area contributed by atoms with E-state index < -0.39 is 0 Å². The van der Waals surface area contributed by atoms with E-state index in [1.54, 1.807) is 23.7 Å². The van der Waals surface area contributed by atoms with E-state index in [9.17, 15) is 0 Å². The summed E-state index contributed by atoms with van der Waals surface area (Å²) in [4.78, 5) is 13.5. The normalized spacial score (nSPS) is 14.5. The molecule has 4 aromatic rings. The highest BCUT2D eigenvalue weighted by atomic mass is 32.1. The molecule has 0 aliphatic heterocycles. The van der Waals surface area contributed by atoms with Crippen molar-refractivity contribution >= 4 is 39.6 Å². The molecule has 158 valence electrons. The summed E-state index contributed by atoms with van der Waals surface area (Å²) in [5.41, 5.74) is 11.6. The molecule has 1 saturated carbocycles. The summed E-state index contributed by atoms with van der Waals surface area (Å²) in [7, 11) is 0. The average molecular weight is 432 g/mol. The molecule has 0 atom stereocenters. The van der Waals surface area contributed by atoms with Crippen molar-refractivity contribution in [1.82, 2.24) is 25.1 Å².